The molecular weight excluding hydrogens is 272 g/mol. The molecule has 0 bridgehead atoms. The fraction of sp³-hybridized carbons (Fsp3) is 0.231. The van der Waals surface area contributed by atoms with E-state index in [1.165, 1.54) is 5.56 Å². The van der Waals surface area contributed by atoms with Crippen LogP contribution in [0, 0.1) is 0 Å². The van der Waals surface area contributed by atoms with Crippen molar-refractivity contribution in [1.29, 1.82) is 0 Å². The molecule has 0 atom stereocenters. The molecule has 1 aromatic carbocycles. The van der Waals surface area contributed by atoms with Crippen molar-refractivity contribution in [2.24, 2.45) is 0 Å². The maximum absolute atomic E-state index is 12.4. The summed E-state index contributed by atoms with van der Waals surface area (Å²) in [4.78, 5) is 0.595. The number of thioether (sulfide) groups is 1. The first kappa shape index (κ1) is 13.4. The van der Waals surface area contributed by atoms with Gasteiger partial charge in [0, 0.05) is 17.1 Å². The van der Waals surface area contributed by atoms with Crippen LogP contribution in [0.2, 0.25) is 0 Å². The lowest BCUT2D eigenvalue weighted by Gasteiger charge is -2.10. The average Bonchev–Trinajstić information content (AvgIpc) is 2.84. The van der Waals surface area contributed by atoms with Crippen LogP contribution in [0.25, 0.3) is 0 Å². The lowest BCUT2D eigenvalue weighted by atomic mass is 10.2. The highest BCUT2D eigenvalue weighted by atomic mass is 32.2. The summed E-state index contributed by atoms with van der Waals surface area (Å²) < 4.78 is 24.8. The van der Waals surface area contributed by atoms with E-state index in [0.717, 1.165) is 18.7 Å². The lowest BCUT2D eigenvalue weighted by Crippen LogP contribution is -2.05. The molecule has 0 fully saturated rings. The Balaban J connectivity index is 1.92. The monoisotopic (exact) mass is 285 g/mol. The molecule has 1 aromatic heterocycles. The van der Waals surface area contributed by atoms with Gasteiger partial charge in [-0.2, -0.15) is 20.1 Å². The van der Waals surface area contributed by atoms with Gasteiger partial charge >= 0.3 is 0 Å². The Morgan fingerprint density at radius 1 is 1.22 bits per heavy atom. The Hall–Kier alpha value is -1.07. The molecule has 0 spiro atoms. The number of hydrogen-bond acceptors (Lipinski definition) is 3. The Morgan fingerprint density at radius 3 is 2.78 bits per heavy atom. The largest absolute Gasteiger partial charge is 0.384 e. The molecule has 2 aromatic rings. The van der Waals surface area contributed by atoms with Gasteiger partial charge in [-0.05, 0) is 40.9 Å². The predicted molar refractivity (Wildman–Crippen MR) is 74.8 cm³/mol. The van der Waals surface area contributed by atoms with Gasteiger partial charge in [0.1, 0.15) is 0 Å². The highest BCUT2D eigenvalue weighted by Crippen LogP contribution is 2.31. The summed E-state index contributed by atoms with van der Waals surface area (Å²) >= 11 is 2.25. The first-order valence-corrected chi connectivity index (χ1v) is 7.37. The summed E-state index contributed by atoms with van der Waals surface area (Å²) in [6, 6.07) is 9.24. The number of alkyl halides is 2. The zero-order chi connectivity index (χ0) is 12.8. The van der Waals surface area contributed by atoms with E-state index in [0.29, 0.717) is 16.7 Å². The zero-order valence-corrected chi connectivity index (χ0v) is 11.2. The van der Waals surface area contributed by atoms with E-state index in [4.69, 9.17) is 0 Å². The lowest BCUT2D eigenvalue weighted by molar-refractivity contribution is 0.252. The average molecular weight is 285 g/mol. The molecule has 1 heterocycles. The third-order valence-corrected chi connectivity index (χ3v) is 3.93. The van der Waals surface area contributed by atoms with Crippen molar-refractivity contribution < 1.29 is 8.78 Å². The zero-order valence-electron chi connectivity index (χ0n) is 9.61. The minimum atomic E-state index is -2.38. The number of thiophene rings is 1. The van der Waals surface area contributed by atoms with Crippen molar-refractivity contribution in [3.05, 3.63) is 46.7 Å². The minimum absolute atomic E-state index is 0.579. The van der Waals surface area contributed by atoms with Gasteiger partial charge in [0.15, 0.2) is 0 Å². The number of anilines is 1. The Labute approximate surface area is 113 Å². The SMILES string of the molecule is FC(F)Sc1ccccc1NCCc1ccsc1. The van der Waals surface area contributed by atoms with Crippen LogP contribution in [0.15, 0.2) is 46.0 Å². The van der Waals surface area contributed by atoms with E-state index in [1.807, 2.05) is 17.5 Å². The molecule has 0 radical (unpaired) electrons. The summed E-state index contributed by atoms with van der Waals surface area (Å²) in [7, 11) is 0. The second-order valence-electron chi connectivity index (χ2n) is 3.68. The first-order valence-electron chi connectivity index (χ1n) is 5.54. The molecule has 0 saturated heterocycles. The van der Waals surface area contributed by atoms with Crippen molar-refractivity contribution in [2.75, 3.05) is 11.9 Å². The maximum atomic E-state index is 12.4. The van der Waals surface area contributed by atoms with E-state index in [9.17, 15) is 8.78 Å². The van der Waals surface area contributed by atoms with Crippen molar-refractivity contribution in [3.63, 3.8) is 0 Å². The molecule has 1 nitrogen and oxygen atoms in total. The standard InChI is InChI=1S/C13H13F2NS2/c14-13(15)18-12-4-2-1-3-11(12)16-7-5-10-6-8-17-9-10/h1-4,6,8-9,13,16H,5,7H2. The molecule has 0 aliphatic heterocycles. The number of nitrogens with one attached hydrogen (secondary N) is 1. The molecular formula is C13H13F2NS2. The van der Waals surface area contributed by atoms with Crippen LogP contribution in [0.5, 0.6) is 0 Å². The van der Waals surface area contributed by atoms with Crippen LogP contribution in [-0.2, 0) is 6.42 Å². The van der Waals surface area contributed by atoms with Gasteiger partial charge < -0.3 is 5.32 Å². The summed E-state index contributed by atoms with van der Waals surface area (Å²) in [5, 5.41) is 7.34. The van der Waals surface area contributed by atoms with E-state index >= 15 is 0 Å². The smallest absolute Gasteiger partial charge is 0.288 e. The maximum Gasteiger partial charge on any atom is 0.288 e. The Morgan fingerprint density at radius 2 is 2.06 bits per heavy atom. The van der Waals surface area contributed by atoms with Gasteiger partial charge in [-0.15, -0.1) is 0 Å². The van der Waals surface area contributed by atoms with Crippen LogP contribution in [0.3, 0.4) is 0 Å². The summed E-state index contributed by atoms with van der Waals surface area (Å²) in [6.45, 7) is 0.748. The third kappa shape index (κ3) is 3.99. The quantitative estimate of drug-likeness (QED) is 0.771. The molecule has 0 unspecified atom stereocenters. The van der Waals surface area contributed by atoms with Crippen LogP contribution in [-0.4, -0.2) is 12.3 Å². The van der Waals surface area contributed by atoms with Crippen LogP contribution < -0.4 is 5.32 Å². The van der Waals surface area contributed by atoms with Gasteiger partial charge in [0.05, 0.1) is 0 Å². The van der Waals surface area contributed by atoms with Gasteiger partial charge in [-0.3, -0.25) is 0 Å². The molecule has 2 rings (SSSR count). The van der Waals surface area contributed by atoms with Gasteiger partial charge in [0.25, 0.3) is 5.76 Å². The van der Waals surface area contributed by atoms with Crippen molar-refractivity contribution in [2.45, 2.75) is 17.1 Å². The molecule has 0 saturated carbocycles. The van der Waals surface area contributed by atoms with Gasteiger partial charge in [-0.25, -0.2) is 0 Å². The van der Waals surface area contributed by atoms with Crippen LogP contribution >= 0.6 is 23.1 Å². The van der Waals surface area contributed by atoms with Crippen LogP contribution in [0.1, 0.15) is 5.56 Å². The van der Waals surface area contributed by atoms with Gasteiger partial charge in [0.2, 0.25) is 0 Å². The van der Waals surface area contributed by atoms with Crippen LogP contribution in [0.4, 0.5) is 14.5 Å². The van der Waals surface area contributed by atoms with Crippen molar-refractivity contribution in [1.82, 2.24) is 0 Å². The summed E-state index contributed by atoms with van der Waals surface area (Å²) in [5.41, 5.74) is 2.05. The molecule has 1 N–H and O–H groups in total. The molecule has 5 heteroatoms. The molecule has 0 aliphatic rings. The summed E-state index contributed by atoms with van der Waals surface area (Å²) in [6.07, 6.45) is 0.900. The second-order valence-corrected chi connectivity index (χ2v) is 5.49. The fourth-order valence-electron chi connectivity index (χ4n) is 1.59. The third-order valence-electron chi connectivity index (χ3n) is 2.41. The number of benzene rings is 1. The second kappa shape index (κ2) is 6.75. The highest BCUT2D eigenvalue weighted by molar-refractivity contribution is 7.99. The topological polar surface area (TPSA) is 12.0 Å². The normalized spacial score (nSPS) is 10.8. The first-order chi connectivity index (χ1) is 8.75. The predicted octanol–water partition coefficient (Wildman–Crippen LogP) is 4.72. The molecule has 18 heavy (non-hydrogen) atoms. The molecule has 0 aliphatic carbocycles. The Bertz CT molecular complexity index is 472. The highest BCUT2D eigenvalue weighted by Gasteiger charge is 2.08. The van der Waals surface area contributed by atoms with E-state index < -0.39 is 5.76 Å². The van der Waals surface area contributed by atoms with Crippen molar-refractivity contribution in [3.8, 4) is 0 Å². The molecule has 96 valence electrons. The number of hydrogen-bond donors (Lipinski definition) is 1. The van der Waals surface area contributed by atoms with Crippen molar-refractivity contribution >= 4 is 28.8 Å². The van der Waals surface area contributed by atoms with Gasteiger partial charge in [-0.1, -0.05) is 23.9 Å². The van der Waals surface area contributed by atoms with E-state index in [-0.39, 0.29) is 0 Å². The number of halogens is 2. The van der Waals surface area contributed by atoms with E-state index in [2.05, 4.69) is 16.8 Å². The summed E-state index contributed by atoms with van der Waals surface area (Å²) in [5.74, 6) is -2.38. The minimum Gasteiger partial charge on any atom is -0.384 e. The number of rotatable bonds is 6. The Kier molecular flexibility index (Phi) is 5.01. The number of para-hydroxylation sites is 1. The molecule has 0 amide bonds. The van der Waals surface area contributed by atoms with E-state index in [1.54, 1.807) is 23.5 Å². The fourth-order valence-corrected chi connectivity index (χ4v) is 2.91.